The van der Waals surface area contributed by atoms with Crippen LogP contribution in [0.3, 0.4) is 0 Å². The minimum Gasteiger partial charge on any atom is -0.508 e. The van der Waals surface area contributed by atoms with Crippen molar-refractivity contribution >= 4 is 11.8 Å². The number of carbonyl (C=O) groups excluding carboxylic acids is 2. The third-order valence-corrected chi connectivity index (χ3v) is 3.14. The fraction of sp³-hybridized carbons (Fsp3) is 0.333. The first-order chi connectivity index (χ1) is 13.0. The van der Waals surface area contributed by atoms with Gasteiger partial charge in [0.2, 0.25) is 5.91 Å². The number of amides is 2. The van der Waals surface area contributed by atoms with E-state index < -0.39 is 0 Å². The molecule has 0 saturated carbocycles. The summed E-state index contributed by atoms with van der Waals surface area (Å²) in [7, 11) is 0. The summed E-state index contributed by atoms with van der Waals surface area (Å²) >= 11 is 0. The zero-order chi connectivity index (χ0) is 20.7. The molecular weight excluding hydrogens is 344 g/mol. The average Bonchev–Trinajstić information content (AvgIpc) is 2.67. The molecule has 0 atom stereocenters. The molecule has 0 aliphatic carbocycles. The van der Waals surface area contributed by atoms with Crippen LogP contribution in [0, 0.1) is 0 Å². The number of hydrogen-bond acceptors (Lipinski definition) is 4. The SMILES string of the molecule is CC.CCNC(=O)Cc1ccc(O)cc1.CCNC(=O)c1ccc(O)cc1. The summed E-state index contributed by atoms with van der Waals surface area (Å²) in [5, 5.41) is 23.3. The molecule has 2 aromatic rings. The quantitative estimate of drug-likeness (QED) is 0.646. The van der Waals surface area contributed by atoms with Crippen molar-refractivity contribution in [3.63, 3.8) is 0 Å². The van der Waals surface area contributed by atoms with E-state index in [0.717, 1.165) is 5.56 Å². The molecule has 2 amide bonds. The van der Waals surface area contributed by atoms with Crippen molar-refractivity contribution in [2.45, 2.75) is 34.1 Å². The molecule has 2 rings (SSSR count). The van der Waals surface area contributed by atoms with E-state index in [1.165, 1.54) is 12.1 Å². The number of nitrogens with one attached hydrogen (secondary N) is 2. The lowest BCUT2D eigenvalue weighted by atomic mass is 10.1. The Morgan fingerprint density at radius 2 is 1.22 bits per heavy atom. The minimum absolute atomic E-state index is 0.00758. The summed E-state index contributed by atoms with van der Waals surface area (Å²) in [6.45, 7) is 9.00. The second kappa shape index (κ2) is 14.2. The summed E-state index contributed by atoms with van der Waals surface area (Å²) in [4.78, 5) is 22.3. The van der Waals surface area contributed by atoms with Crippen molar-refractivity contribution in [1.29, 1.82) is 0 Å². The van der Waals surface area contributed by atoms with Gasteiger partial charge in [0.05, 0.1) is 6.42 Å². The fourth-order valence-corrected chi connectivity index (χ4v) is 1.93. The largest absolute Gasteiger partial charge is 0.508 e. The zero-order valence-corrected chi connectivity index (χ0v) is 16.5. The van der Waals surface area contributed by atoms with Crippen LogP contribution in [0.15, 0.2) is 48.5 Å². The van der Waals surface area contributed by atoms with Gasteiger partial charge in [0.15, 0.2) is 0 Å². The maximum Gasteiger partial charge on any atom is 0.251 e. The van der Waals surface area contributed by atoms with Gasteiger partial charge in [0, 0.05) is 18.7 Å². The van der Waals surface area contributed by atoms with Crippen LogP contribution >= 0.6 is 0 Å². The Kier molecular flexibility index (Phi) is 12.6. The Morgan fingerprint density at radius 3 is 1.67 bits per heavy atom. The second-order valence-electron chi connectivity index (χ2n) is 5.20. The number of hydrogen-bond donors (Lipinski definition) is 4. The molecule has 0 spiro atoms. The fourth-order valence-electron chi connectivity index (χ4n) is 1.93. The predicted molar refractivity (Wildman–Crippen MR) is 108 cm³/mol. The summed E-state index contributed by atoms with van der Waals surface area (Å²) in [5.41, 5.74) is 1.47. The number of phenolic OH excluding ortho intramolecular Hbond substituents is 2. The van der Waals surface area contributed by atoms with Gasteiger partial charge in [-0.15, -0.1) is 0 Å². The van der Waals surface area contributed by atoms with Crippen LogP contribution in [-0.4, -0.2) is 35.1 Å². The lowest BCUT2D eigenvalue weighted by molar-refractivity contribution is -0.120. The molecule has 0 radical (unpaired) electrons. The summed E-state index contributed by atoms with van der Waals surface area (Å²) in [6, 6.07) is 12.8. The van der Waals surface area contributed by atoms with Crippen LogP contribution in [0.1, 0.15) is 43.6 Å². The maximum atomic E-state index is 11.2. The maximum absolute atomic E-state index is 11.2. The molecule has 0 aliphatic rings. The number of rotatable bonds is 5. The number of aromatic hydroxyl groups is 2. The van der Waals surface area contributed by atoms with Gasteiger partial charge in [0.1, 0.15) is 11.5 Å². The normalized spacial score (nSPS) is 9.04. The van der Waals surface area contributed by atoms with E-state index in [-0.39, 0.29) is 23.3 Å². The molecule has 27 heavy (non-hydrogen) atoms. The van der Waals surface area contributed by atoms with E-state index in [1.54, 1.807) is 36.4 Å². The highest BCUT2D eigenvalue weighted by Gasteiger charge is 2.02. The van der Waals surface area contributed by atoms with Crippen molar-refractivity contribution in [3.8, 4) is 11.5 Å². The topological polar surface area (TPSA) is 98.7 Å². The summed E-state index contributed by atoms with van der Waals surface area (Å²) in [5.74, 6) is 0.286. The van der Waals surface area contributed by atoms with Gasteiger partial charge >= 0.3 is 0 Å². The molecular formula is C21H30N2O4. The Labute approximate surface area is 161 Å². The Hall–Kier alpha value is -3.02. The van der Waals surface area contributed by atoms with Crippen LogP contribution in [0.2, 0.25) is 0 Å². The molecule has 0 saturated heterocycles. The molecule has 148 valence electrons. The van der Waals surface area contributed by atoms with Gasteiger partial charge < -0.3 is 20.8 Å². The standard InChI is InChI=1S/C10H13NO2.C9H11NO2.C2H6/c1-2-11-10(13)7-8-3-5-9(12)6-4-8;1-2-10-9(12)7-3-5-8(11)6-4-7;1-2/h3-6,12H,2,7H2,1H3,(H,11,13);3-6,11H,2H2,1H3,(H,10,12);1-2H3. The molecule has 0 bridgehead atoms. The van der Waals surface area contributed by atoms with Gasteiger partial charge in [0.25, 0.3) is 5.91 Å². The summed E-state index contributed by atoms with van der Waals surface area (Å²) < 4.78 is 0. The predicted octanol–water partition coefficient (Wildman–Crippen LogP) is 3.24. The zero-order valence-electron chi connectivity index (χ0n) is 16.5. The van der Waals surface area contributed by atoms with Gasteiger partial charge in [-0.1, -0.05) is 26.0 Å². The first kappa shape index (κ1) is 24.0. The molecule has 6 heteroatoms. The molecule has 0 aromatic heterocycles. The lowest BCUT2D eigenvalue weighted by Gasteiger charge is -2.01. The highest BCUT2D eigenvalue weighted by molar-refractivity contribution is 5.94. The molecule has 4 N–H and O–H groups in total. The number of carbonyl (C=O) groups is 2. The van der Waals surface area contributed by atoms with Crippen LogP contribution < -0.4 is 10.6 Å². The van der Waals surface area contributed by atoms with Crippen molar-refractivity contribution in [3.05, 3.63) is 59.7 Å². The second-order valence-corrected chi connectivity index (χ2v) is 5.20. The molecule has 0 unspecified atom stereocenters. The van der Waals surface area contributed by atoms with Crippen molar-refractivity contribution in [1.82, 2.24) is 10.6 Å². The first-order valence-electron chi connectivity index (χ1n) is 9.08. The van der Waals surface area contributed by atoms with E-state index in [4.69, 9.17) is 10.2 Å². The van der Waals surface area contributed by atoms with Crippen LogP contribution in [0.5, 0.6) is 11.5 Å². The van der Waals surface area contributed by atoms with Gasteiger partial charge in [-0.2, -0.15) is 0 Å². The third kappa shape index (κ3) is 10.5. The van der Waals surface area contributed by atoms with E-state index in [0.29, 0.717) is 25.1 Å². The monoisotopic (exact) mass is 374 g/mol. The first-order valence-corrected chi connectivity index (χ1v) is 9.08. The van der Waals surface area contributed by atoms with E-state index in [9.17, 15) is 9.59 Å². The summed E-state index contributed by atoms with van der Waals surface area (Å²) in [6.07, 6.45) is 0.369. The van der Waals surface area contributed by atoms with Gasteiger partial charge in [-0.3, -0.25) is 9.59 Å². The van der Waals surface area contributed by atoms with Crippen LogP contribution in [0.4, 0.5) is 0 Å². The van der Waals surface area contributed by atoms with Crippen LogP contribution in [0.25, 0.3) is 0 Å². The Morgan fingerprint density at radius 1 is 0.778 bits per heavy atom. The van der Waals surface area contributed by atoms with E-state index in [1.807, 2.05) is 27.7 Å². The highest BCUT2D eigenvalue weighted by atomic mass is 16.3. The third-order valence-electron chi connectivity index (χ3n) is 3.14. The van der Waals surface area contributed by atoms with Gasteiger partial charge in [-0.05, 0) is 55.8 Å². The van der Waals surface area contributed by atoms with E-state index >= 15 is 0 Å². The average molecular weight is 374 g/mol. The van der Waals surface area contributed by atoms with Gasteiger partial charge in [-0.25, -0.2) is 0 Å². The Balaban J connectivity index is 0.000000460. The van der Waals surface area contributed by atoms with E-state index in [2.05, 4.69) is 10.6 Å². The molecule has 0 fully saturated rings. The molecule has 0 aliphatic heterocycles. The highest BCUT2D eigenvalue weighted by Crippen LogP contribution is 2.10. The minimum atomic E-state index is -0.113. The molecule has 2 aromatic carbocycles. The Bertz CT molecular complexity index is 668. The number of phenols is 2. The van der Waals surface area contributed by atoms with Crippen molar-refractivity contribution in [2.24, 2.45) is 0 Å². The molecule has 6 nitrogen and oxygen atoms in total. The smallest absolute Gasteiger partial charge is 0.251 e. The number of likely N-dealkylation sites (N-methyl/N-ethyl adjacent to an activating group) is 1. The van der Waals surface area contributed by atoms with Crippen molar-refractivity contribution < 1.29 is 19.8 Å². The molecule has 0 heterocycles. The van der Waals surface area contributed by atoms with Crippen LogP contribution in [-0.2, 0) is 11.2 Å². The van der Waals surface area contributed by atoms with Crippen molar-refractivity contribution in [2.75, 3.05) is 13.1 Å². The lowest BCUT2D eigenvalue weighted by Crippen LogP contribution is -2.24. The number of benzene rings is 2.